The first kappa shape index (κ1) is 21.4. The van der Waals surface area contributed by atoms with E-state index in [1.807, 2.05) is 44.2 Å². The number of nitrogens with two attached hydrogens (primary N) is 1. The first-order chi connectivity index (χ1) is 10.8. The number of benzene rings is 1. The third kappa shape index (κ3) is 9.18. The van der Waals surface area contributed by atoms with Crippen molar-refractivity contribution in [1.82, 2.24) is 5.01 Å². The van der Waals surface area contributed by atoms with E-state index in [2.05, 4.69) is 0 Å². The second-order valence-corrected chi connectivity index (χ2v) is 5.69. The Kier molecular flexibility index (Phi) is 11.0. The molecule has 0 saturated heterocycles. The highest BCUT2D eigenvalue weighted by atomic mass is 16.6. The summed E-state index contributed by atoms with van der Waals surface area (Å²) in [4.78, 5) is 11.9. The van der Waals surface area contributed by atoms with Crippen LogP contribution in [0.5, 0.6) is 0 Å². The molecule has 1 amide bonds. The van der Waals surface area contributed by atoms with Crippen LogP contribution in [0.3, 0.4) is 0 Å². The fraction of sp³-hybridized carbons (Fsp3) is 0.588. The van der Waals surface area contributed by atoms with Crippen molar-refractivity contribution in [2.45, 2.75) is 46.3 Å². The average molecular weight is 326 g/mol. The predicted octanol–water partition coefficient (Wildman–Crippen LogP) is 1.95. The number of hydrazine groups is 1. The fourth-order valence-electron chi connectivity index (χ4n) is 1.80. The maximum Gasteiger partial charge on any atom is 0.424 e. The van der Waals surface area contributed by atoms with E-state index in [1.165, 1.54) is 0 Å². The summed E-state index contributed by atoms with van der Waals surface area (Å²) in [5.41, 5.74) is 1.01. The van der Waals surface area contributed by atoms with Gasteiger partial charge < -0.3 is 14.9 Å². The normalized spacial score (nSPS) is 12.9. The van der Waals surface area contributed by atoms with Crippen molar-refractivity contribution in [3.8, 4) is 0 Å². The molecule has 2 unspecified atom stereocenters. The van der Waals surface area contributed by atoms with E-state index in [-0.39, 0.29) is 12.5 Å². The van der Waals surface area contributed by atoms with Crippen LogP contribution in [0.4, 0.5) is 4.79 Å². The van der Waals surface area contributed by atoms with E-state index < -0.39 is 18.2 Å². The molecule has 1 rings (SSSR count). The Morgan fingerprint density at radius 3 is 2.22 bits per heavy atom. The predicted molar refractivity (Wildman–Crippen MR) is 90.6 cm³/mol. The van der Waals surface area contributed by atoms with E-state index >= 15 is 0 Å². The van der Waals surface area contributed by atoms with Gasteiger partial charge in [-0.3, -0.25) is 0 Å². The molecule has 4 N–H and O–H groups in total. The molecule has 0 aliphatic carbocycles. The minimum atomic E-state index is -0.744. The number of aliphatic hydroxyl groups is 2. The van der Waals surface area contributed by atoms with Gasteiger partial charge in [0.25, 0.3) is 0 Å². The second-order valence-electron chi connectivity index (χ2n) is 5.69. The minimum Gasteiger partial charge on any atom is -0.448 e. The Labute approximate surface area is 138 Å². The van der Waals surface area contributed by atoms with Crippen molar-refractivity contribution in [2.24, 2.45) is 11.8 Å². The minimum absolute atomic E-state index is 0.242. The van der Waals surface area contributed by atoms with Gasteiger partial charge in [-0.15, -0.1) is 0 Å². The van der Waals surface area contributed by atoms with Crippen molar-refractivity contribution in [2.75, 3.05) is 13.2 Å². The molecule has 0 spiro atoms. The second kappa shape index (κ2) is 11.9. The van der Waals surface area contributed by atoms with Gasteiger partial charge in [-0.1, -0.05) is 44.2 Å². The summed E-state index contributed by atoms with van der Waals surface area (Å²) in [5.74, 6) is 6.04. The van der Waals surface area contributed by atoms with Crippen LogP contribution < -0.4 is 5.84 Å². The number of nitrogens with zero attached hydrogens (tertiary/aromatic N) is 1. The van der Waals surface area contributed by atoms with Crippen LogP contribution in [0.1, 0.15) is 33.3 Å². The van der Waals surface area contributed by atoms with Crippen LogP contribution in [0.2, 0.25) is 0 Å². The number of aliphatic hydroxyl groups excluding tert-OH is 2. The monoisotopic (exact) mass is 326 g/mol. The molecular weight excluding hydrogens is 296 g/mol. The van der Waals surface area contributed by atoms with E-state index in [9.17, 15) is 9.90 Å². The number of ether oxygens (including phenoxy) is 1. The van der Waals surface area contributed by atoms with E-state index in [0.29, 0.717) is 13.0 Å². The lowest BCUT2D eigenvalue weighted by molar-refractivity contribution is 0.0359. The molecule has 1 aromatic carbocycles. The molecule has 23 heavy (non-hydrogen) atoms. The van der Waals surface area contributed by atoms with Crippen LogP contribution in [0, 0.1) is 5.92 Å². The van der Waals surface area contributed by atoms with Gasteiger partial charge in [0.1, 0.15) is 0 Å². The standard InChI is InChI=1S/C15H24N2O3.C2H6O/c1-11(2)10-20-15(19)17(16)14(12(3)18)9-13-7-5-4-6-8-13;1-2-3/h4-8,11-12,14,18H,9-10,16H2,1-3H3;3H,2H2,1H3. The molecule has 0 heterocycles. The Morgan fingerprint density at radius 1 is 1.26 bits per heavy atom. The zero-order chi connectivity index (χ0) is 17.8. The third-order valence-corrected chi connectivity index (χ3v) is 2.95. The summed E-state index contributed by atoms with van der Waals surface area (Å²) in [7, 11) is 0. The largest absolute Gasteiger partial charge is 0.448 e. The van der Waals surface area contributed by atoms with Crippen LogP contribution in [-0.4, -0.2) is 46.7 Å². The maximum atomic E-state index is 11.9. The molecule has 6 heteroatoms. The Bertz CT molecular complexity index is 424. The number of hydrogen-bond donors (Lipinski definition) is 3. The van der Waals surface area contributed by atoms with Crippen LogP contribution in [0.25, 0.3) is 0 Å². The topological polar surface area (TPSA) is 96.0 Å². The molecule has 6 nitrogen and oxygen atoms in total. The molecular formula is C17H30N2O4. The fourth-order valence-corrected chi connectivity index (χ4v) is 1.80. The van der Waals surface area contributed by atoms with Gasteiger partial charge in [0.2, 0.25) is 0 Å². The van der Waals surface area contributed by atoms with Crippen molar-refractivity contribution in [3.05, 3.63) is 35.9 Å². The third-order valence-electron chi connectivity index (χ3n) is 2.95. The first-order valence-electron chi connectivity index (χ1n) is 7.86. The molecule has 0 aromatic heterocycles. The van der Waals surface area contributed by atoms with Gasteiger partial charge in [-0.2, -0.15) is 0 Å². The lowest BCUT2D eigenvalue weighted by atomic mass is 10.0. The first-order valence-corrected chi connectivity index (χ1v) is 7.86. The van der Waals surface area contributed by atoms with Crippen molar-refractivity contribution in [1.29, 1.82) is 0 Å². The van der Waals surface area contributed by atoms with Gasteiger partial charge in [-0.05, 0) is 31.7 Å². The summed E-state index contributed by atoms with van der Waals surface area (Å²) in [5, 5.41) is 18.4. The SMILES string of the molecule is CC(C)COC(=O)N(N)C(Cc1ccccc1)C(C)O.CCO. The average Bonchev–Trinajstić information content (AvgIpc) is 2.51. The van der Waals surface area contributed by atoms with Crippen molar-refractivity contribution >= 4 is 6.09 Å². The quantitative estimate of drug-likeness (QED) is 0.422. The number of carbonyl (C=O) groups is 1. The van der Waals surface area contributed by atoms with Gasteiger partial charge >= 0.3 is 6.09 Å². The van der Waals surface area contributed by atoms with Crippen LogP contribution >= 0.6 is 0 Å². The Hall–Kier alpha value is -1.63. The zero-order valence-electron chi connectivity index (χ0n) is 14.5. The summed E-state index contributed by atoms with van der Waals surface area (Å²) >= 11 is 0. The highest BCUT2D eigenvalue weighted by molar-refractivity contribution is 5.67. The van der Waals surface area contributed by atoms with E-state index in [0.717, 1.165) is 10.6 Å². The van der Waals surface area contributed by atoms with Crippen molar-refractivity contribution < 1.29 is 19.7 Å². The summed E-state index contributed by atoms with van der Waals surface area (Å²) in [6.45, 7) is 7.75. The molecule has 0 saturated carbocycles. The molecule has 0 radical (unpaired) electrons. The summed E-state index contributed by atoms with van der Waals surface area (Å²) < 4.78 is 5.08. The number of amides is 1. The maximum absolute atomic E-state index is 11.9. The highest BCUT2D eigenvalue weighted by Crippen LogP contribution is 2.11. The lowest BCUT2D eigenvalue weighted by Gasteiger charge is -2.29. The highest BCUT2D eigenvalue weighted by Gasteiger charge is 2.26. The molecule has 2 atom stereocenters. The summed E-state index contributed by atoms with van der Waals surface area (Å²) in [6, 6.07) is 9.08. The molecule has 1 aromatic rings. The molecule has 0 aliphatic rings. The van der Waals surface area contributed by atoms with Crippen LogP contribution in [0.15, 0.2) is 30.3 Å². The zero-order valence-corrected chi connectivity index (χ0v) is 14.5. The molecule has 0 fully saturated rings. The summed E-state index contributed by atoms with van der Waals surface area (Å²) in [6.07, 6.45) is -0.876. The molecule has 0 bridgehead atoms. The number of hydrogen-bond acceptors (Lipinski definition) is 5. The smallest absolute Gasteiger partial charge is 0.424 e. The van der Waals surface area contributed by atoms with Gasteiger partial charge in [0.05, 0.1) is 18.8 Å². The van der Waals surface area contributed by atoms with Gasteiger partial charge in [0.15, 0.2) is 0 Å². The van der Waals surface area contributed by atoms with Gasteiger partial charge in [0, 0.05) is 6.61 Å². The lowest BCUT2D eigenvalue weighted by Crippen LogP contribution is -2.52. The Balaban J connectivity index is 0.00000149. The van der Waals surface area contributed by atoms with E-state index in [4.69, 9.17) is 15.7 Å². The number of carbonyl (C=O) groups excluding carboxylic acids is 1. The van der Waals surface area contributed by atoms with Crippen LogP contribution in [-0.2, 0) is 11.2 Å². The number of rotatable bonds is 6. The molecule has 0 aliphatic heterocycles. The Morgan fingerprint density at radius 2 is 1.78 bits per heavy atom. The van der Waals surface area contributed by atoms with E-state index in [1.54, 1.807) is 13.8 Å². The van der Waals surface area contributed by atoms with Gasteiger partial charge in [-0.25, -0.2) is 15.6 Å². The van der Waals surface area contributed by atoms with Crippen molar-refractivity contribution in [3.63, 3.8) is 0 Å². The molecule has 132 valence electrons.